The van der Waals surface area contributed by atoms with Crippen LogP contribution in [0.5, 0.6) is 0 Å². The van der Waals surface area contributed by atoms with Crippen molar-refractivity contribution in [3.63, 3.8) is 0 Å². The molecule has 1 aliphatic carbocycles. The molecule has 0 spiro atoms. The number of rotatable bonds is 4. The fourth-order valence-electron chi connectivity index (χ4n) is 4.09. The van der Waals surface area contributed by atoms with Crippen molar-refractivity contribution in [2.75, 3.05) is 44.6 Å². The van der Waals surface area contributed by atoms with Gasteiger partial charge in [-0.1, -0.05) is 11.6 Å². The summed E-state index contributed by atoms with van der Waals surface area (Å²) in [4.78, 5) is 31.2. The lowest BCUT2D eigenvalue weighted by Crippen LogP contribution is -2.44. The van der Waals surface area contributed by atoms with Crippen LogP contribution in [0.2, 0.25) is 5.02 Å². The molecule has 152 valence electrons. The van der Waals surface area contributed by atoms with Gasteiger partial charge >= 0.3 is 6.03 Å². The largest absolute Gasteiger partial charge is 0.341 e. The monoisotopic (exact) mass is 408 g/mol. The Balaban J connectivity index is 1.32. The van der Waals surface area contributed by atoms with Crippen molar-refractivity contribution in [1.29, 1.82) is 0 Å². The molecule has 0 aromatic heterocycles. The van der Waals surface area contributed by atoms with Crippen LogP contribution in [0.3, 0.4) is 0 Å². The molecule has 0 bridgehead atoms. The SMILES string of the molecule is O=C(Nc1ccc(Cl)cc1F)N1CCCN(C2CCN(CC3CC3)C2=O)CC1. The zero-order chi connectivity index (χ0) is 19.7. The Bertz CT molecular complexity index is 758. The van der Waals surface area contributed by atoms with Crippen LogP contribution in [0.15, 0.2) is 18.2 Å². The summed E-state index contributed by atoms with van der Waals surface area (Å²) in [5.41, 5.74) is 0.122. The Labute approximate surface area is 169 Å². The summed E-state index contributed by atoms with van der Waals surface area (Å²) in [5, 5.41) is 2.91. The average molecular weight is 409 g/mol. The van der Waals surface area contributed by atoms with Gasteiger partial charge in [0.25, 0.3) is 0 Å². The van der Waals surface area contributed by atoms with E-state index < -0.39 is 5.82 Å². The van der Waals surface area contributed by atoms with Gasteiger partial charge in [-0.25, -0.2) is 9.18 Å². The number of carbonyl (C=O) groups excluding carboxylic acids is 2. The number of hydrogen-bond acceptors (Lipinski definition) is 3. The molecular weight excluding hydrogens is 383 g/mol. The van der Waals surface area contributed by atoms with E-state index in [1.54, 1.807) is 11.0 Å². The highest BCUT2D eigenvalue weighted by atomic mass is 35.5. The van der Waals surface area contributed by atoms with Crippen LogP contribution in [-0.4, -0.2) is 71.9 Å². The van der Waals surface area contributed by atoms with Crippen LogP contribution < -0.4 is 5.32 Å². The van der Waals surface area contributed by atoms with Gasteiger partial charge < -0.3 is 15.1 Å². The highest BCUT2D eigenvalue weighted by molar-refractivity contribution is 6.30. The molecule has 3 fully saturated rings. The number of anilines is 1. The number of halogens is 2. The minimum absolute atomic E-state index is 0.0597. The summed E-state index contributed by atoms with van der Waals surface area (Å²) in [7, 11) is 0. The van der Waals surface area contributed by atoms with Crippen LogP contribution >= 0.6 is 11.6 Å². The van der Waals surface area contributed by atoms with Gasteiger partial charge in [-0.15, -0.1) is 0 Å². The first-order chi connectivity index (χ1) is 13.5. The summed E-state index contributed by atoms with van der Waals surface area (Å²) in [5.74, 6) is 0.400. The zero-order valence-electron chi connectivity index (χ0n) is 15.9. The molecule has 1 saturated carbocycles. The van der Waals surface area contributed by atoms with E-state index in [4.69, 9.17) is 11.6 Å². The molecular formula is C20H26ClFN4O2. The highest BCUT2D eigenvalue weighted by Gasteiger charge is 2.38. The molecule has 2 aliphatic heterocycles. The minimum atomic E-state index is -0.551. The number of carbonyl (C=O) groups is 2. The third-order valence-corrected chi connectivity index (χ3v) is 6.11. The summed E-state index contributed by atoms with van der Waals surface area (Å²) in [6.45, 7) is 4.32. The van der Waals surface area contributed by atoms with Crippen molar-refractivity contribution < 1.29 is 14.0 Å². The van der Waals surface area contributed by atoms with Crippen LogP contribution in [-0.2, 0) is 4.79 Å². The number of hydrogen-bond donors (Lipinski definition) is 1. The van der Waals surface area contributed by atoms with E-state index >= 15 is 0 Å². The standard InChI is InChI=1S/C20H26ClFN4O2/c21-15-4-5-17(16(22)12-15)23-20(28)25-8-1-7-24(10-11-25)18-6-9-26(19(18)27)13-14-2-3-14/h4-5,12,14,18H,1-3,6-11,13H2,(H,23,28). The predicted octanol–water partition coefficient (Wildman–Crippen LogP) is 3.03. The van der Waals surface area contributed by atoms with Gasteiger partial charge in [0, 0.05) is 44.3 Å². The van der Waals surface area contributed by atoms with E-state index in [0.29, 0.717) is 25.6 Å². The number of nitrogens with zero attached hydrogens (tertiary/aromatic N) is 3. The number of likely N-dealkylation sites (tertiary alicyclic amines) is 1. The molecule has 1 atom stereocenters. The van der Waals surface area contributed by atoms with Crippen LogP contribution in [0, 0.1) is 11.7 Å². The summed E-state index contributed by atoms with van der Waals surface area (Å²) >= 11 is 5.76. The van der Waals surface area contributed by atoms with Gasteiger partial charge in [-0.05, 0) is 49.8 Å². The molecule has 1 N–H and O–H groups in total. The first-order valence-electron chi connectivity index (χ1n) is 10.0. The maximum atomic E-state index is 13.9. The summed E-state index contributed by atoms with van der Waals surface area (Å²) < 4.78 is 13.9. The van der Waals surface area contributed by atoms with Crippen molar-refractivity contribution in [3.05, 3.63) is 29.0 Å². The summed E-state index contributed by atoms with van der Waals surface area (Å²) in [6, 6.07) is 3.81. The van der Waals surface area contributed by atoms with E-state index in [2.05, 4.69) is 10.2 Å². The Morgan fingerprint density at radius 1 is 1.14 bits per heavy atom. The fourth-order valence-corrected chi connectivity index (χ4v) is 4.25. The van der Waals surface area contributed by atoms with E-state index in [-0.39, 0.29) is 28.7 Å². The molecule has 1 aromatic carbocycles. The molecule has 8 heteroatoms. The van der Waals surface area contributed by atoms with Crippen molar-refractivity contribution in [3.8, 4) is 0 Å². The van der Waals surface area contributed by atoms with Crippen LogP contribution in [0.1, 0.15) is 25.7 Å². The van der Waals surface area contributed by atoms with E-state index in [0.717, 1.165) is 32.5 Å². The Morgan fingerprint density at radius 3 is 2.71 bits per heavy atom. The third-order valence-electron chi connectivity index (χ3n) is 5.88. The van der Waals surface area contributed by atoms with Crippen molar-refractivity contribution in [1.82, 2.24) is 14.7 Å². The van der Waals surface area contributed by atoms with Crippen LogP contribution in [0.4, 0.5) is 14.9 Å². The number of nitrogens with one attached hydrogen (secondary N) is 1. The molecule has 4 rings (SSSR count). The number of urea groups is 1. The van der Waals surface area contributed by atoms with Crippen molar-refractivity contribution in [2.24, 2.45) is 5.92 Å². The van der Waals surface area contributed by atoms with Gasteiger partial charge in [0.2, 0.25) is 5.91 Å². The van der Waals surface area contributed by atoms with Crippen molar-refractivity contribution in [2.45, 2.75) is 31.7 Å². The quantitative estimate of drug-likeness (QED) is 0.833. The van der Waals surface area contributed by atoms with Crippen LogP contribution in [0.25, 0.3) is 0 Å². The molecule has 3 amide bonds. The lowest BCUT2D eigenvalue weighted by atomic mass is 10.2. The first kappa shape index (κ1) is 19.5. The van der Waals surface area contributed by atoms with Crippen molar-refractivity contribution >= 4 is 29.2 Å². The lowest BCUT2D eigenvalue weighted by molar-refractivity contribution is -0.132. The van der Waals surface area contributed by atoms with E-state index in [9.17, 15) is 14.0 Å². The average Bonchev–Trinajstić information content (AvgIpc) is 3.45. The topological polar surface area (TPSA) is 55.9 Å². The normalized spacial score (nSPS) is 23.8. The maximum absolute atomic E-state index is 13.9. The fraction of sp³-hybridized carbons (Fsp3) is 0.600. The van der Waals surface area contributed by atoms with Gasteiger partial charge in [-0.3, -0.25) is 9.69 Å². The Kier molecular flexibility index (Phi) is 5.73. The minimum Gasteiger partial charge on any atom is -0.341 e. The summed E-state index contributed by atoms with van der Waals surface area (Å²) in [6.07, 6.45) is 4.16. The lowest BCUT2D eigenvalue weighted by Gasteiger charge is -2.26. The molecule has 1 aromatic rings. The van der Waals surface area contributed by atoms with Gasteiger partial charge in [0.1, 0.15) is 5.82 Å². The maximum Gasteiger partial charge on any atom is 0.321 e. The molecule has 3 aliphatic rings. The Morgan fingerprint density at radius 2 is 1.96 bits per heavy atom. The zero-order valence-corrected chi connectivity index (χ0v) is 16.6. The number of amides is 3. The molecule has 6 nitrogen and oxygen atoms in total. The number of benzene rings is 1. The second-order valence-corrected chi connectivity index (χ2v) is 8.40. The van der Waals surface area contributed by atoms with E-state index in [1.165, 1.54) is 25.0 Å². The first-order valence-corrected chi connectivity index (χ1v) is 10.4. The van der Waals surface area contributed by atoms with Gasteiger partial charge in [0.05, 0.1) is 11.7 Å². The molecule has 28 heavy (non-hydrogen) atoms. The molecule has 2 saturated heterocycles. The smallest absolute Gasteiger partial charge is 0.321 e. The molecule has 0 radical (unpaired) electrons. The third kappa shape index (κ3) is 4.41. The second-order valence-electron chi connectivity index (χ2n) is 7.96. The van der Waals surface area contributed by atoms with Gasteiger partial charge in [-0.2, -0.15) is 0 Å². The second kappa shape index (κ2) is 8.25. The predicted molar refractivity (Wildman–Crippen MR) is 106 cm³/mol. The highest BCUT2D eigenvalue weighted by Crippen LogP contribution is 2.31. The Hall–Kier alpha value is -1.86. The van der Waals surface area contributed by atoms with Gasteiger partial charge in [0.15, 0.2) is 0 Å². The van der Waals surface area contributed by atoms with E-state index in [1.807, 2.05) is 4.90 Å². The molecule has 1 unspecified atom stereocenters. The molecule has 2 heterocycles.